The van der Waals surface area contributed by atoms with E-state index in [-0.39, 0.29) is 6.04 Å². The van der Waals surface area contributed by atoms with Crippen molar-refractivity contribution in [1.82, 2.24) is 5.06 Å². The number of piperidine rings is 1. The SMILES string of the molecule is CC1CCC2CN([O-])C(C)CC12. The number of hydroxylamine groups is 2. The Bertz CT molecular complexity index is 171. The van der Waals surface area contributed by atoms with Crippen LogP contribution in [0.25, 0.3) is 0 Å². The molecule has 1 aliphatic heterocycles. The third kappa shape index (κ3) is 1.27. The van der Waals surface area contributed by atoms with Gasteiger partial charge in [0.25, 0.3) is 0 Å². The van der Waals surface area contributed by atoms with Crippen molar-refractivity contribution in [1.29, 1.82) is 0 Å². The molecule has 12 heavy (non-hydrogen) atoms. The lowest BCUT2D eigenvalue weighted by molar-refractivity contribution is 0.114. The summed E-state index contributed by atoms with van der Waals surface area (Å²) in [5, 5.41) is 12.7. The van der Waals surface area contributed by atoms with Crippen LogP contribution in [0, 0.1) is 23.0 Å². The molecule has 70 valence electrons. The van der Waals surface area contributed by atoms with Gasteiger partial charge in [-0.15, -0.1) is 0 Å². The predicted molar refractivity (Wildman–Crippen MR) is 49.5 cm³/mol. The van der Waals surface area contributed by atoms with Gasteiger partial charge in [0.15, 0.2) is 0 Å². The van der Waals surface area contributed by atoms with Gasteiger partial charge in [-0.05, 0) is 43.2 Å². The van der Waals surface area contributed by atoms with Gasteiger partial charge in [-0.2, -0.15) is 0 Å². The molecule has 0 N–H and O–H groups in total. The van der Waals surface area contributed by atoms with E-state index >= 15 is 0 Å². The number of nitrogens with zero attached hydrogens (tertiary/aromatic N) is 1. The summed E-state index contributed by atoms with van der Waals surface area (Å²) in [5.74, 6) is 2.44. The van der Waals surface area contributed by atoms with Crippen LogP contribution in [0.2, 0.25) is 0 Å². The third-order valence-electron chi connectivity index (χ3n) is 3.85. The van der Waals surface area contributed by atoms with Gasteiger partial charge in [0.05, 0.1) is 0 Å². The van der Waals surface area contributed by atoms with Crippen LogP contribution in [0.1, 0.15) is 33.1 Å². The van der Waals surface area contributed by atoms with Crippen molar-refractivity contribution in [2.75, 3.05) is 6.54 Å². The Morgan fingerprint density at radius 2 is 2.00 bits per heavy atom. The van der Waals surface area contributed by atoms with E-state index in [1.54, 1.807) is 0 Å². The average molecular weight is 168 g/mol. The highest BCUT2D eigenvalue weighted by Crippen LogP contribution is 2.43. The Labute approximate surface area is 74.5 Å². The Morgan fingerprint density at radius 3 is 2.75 bits per heavy atom. The molecule has 4 atom stereocenters. The first kappa shape index (κ1) is 8.52. The molecule has 0 aromatic carbocycles. The standard InChI is InChI=1S/C10H18NO/c1-7-3-4-9-6-11(12)8(2)5-10(7)9/h7-10H,3-6H2,1-2H3/q-1. The minimum Gasteiger partial charge on any atom is -0.785 e. The van der Waals surface area contributed by atoms with Crippen molar-refractivity contribution in [3.8, 4) is 0 Å². The number of hydrogen-bond donors (Lipinski definition) is 0. The first-order chi connectivity index (χ1) is 5.68. The Kier molecular flexibility index (Phi) is 2.13. The maximum Gasteiger partial charge on any atom is -0.00521 e. The van der Waals surface area contributed by atoms with Crippen molar-refractivity contribution in [2.45, 2.75) is 39.2 Å². The van der Waals surface area contributed by atoms with E-state index in [9.17, 15) is 5.21 Å². The van der Waals surface area contributed by atoms with Crippen LogP contribution in [0.4, 0.5) is 0 Å². The van der Waals surface area contributed by atoms with Crippen LogP contribution >= 0.6 is 0 Å². The van der Waals surface area contributed by atoms with E-state index in [0.717, 1.165) is 24.8 Å². The molecule has 0 amide bonds. The van der Waals surface area contributed by atoms with E-state index in [1.165, 1.54) is 17.9 Å². The summed E-state index contributed by atoms with van der Waals surface area (Å²) in [5.41, 5.74) is 0. The Morgan fingerprint density at radius 1 is 1.25 bits per heavy atom. The second-order valence-electron chi connectivity index (χ2n) is 4.66. The molecule has 1 saturated heterocycles. The van der Waals surface area contributed by atoms with E-state index in [0.29, 0.717) is 5.92 Å². The summed E-state index contributed by atoms with van der Waals surface area (Å²) in [6.45, 7) is 5.21. The zero-order valence-electron chi connectivity index (χ0n) is 7.99. The molecule has 2 nitrogen and oxygen atoms in total. The second-order valence-corrected chi connectivity index (χ2v) is 4.66. The Balaban J connectivity index is 2.04. The molecule has 2 fully saturated rings. The summed E-state index contributed by atoms with van der Waals surface area (Å²) in [4.78, 5) is 0. The van der Waals surface area contributed by atoms with Gasteiger partial charge < -0.3 is 10.3 Å². The maximum atomic E-state index is 11.4. The molecule has 2 heteroatoms. The molecule has 0 aromatic rings. The molecule has 2 aliphatic rings. The monoisotopic (exact) mass is 168 g/mol. The van der Waals surface area contributed by atoms with Crippen molar-refractivity contribution in [2.24, 2.45) is 17.8 Å². The van der Waals surface area contributed by atoms with Crippen molar-refractivity contribution < 1.29 is 0 Å². The summed E-state index contributed by atoms with van der Waals surface area (Å²) in [7, 11) is 0. The molecule has 4 unspecified atom stereocenters. The lowest BCUT2D eigenvalue weighted by Crippen LogP contribution is -2.41. The van der Waals surface area contributed by atoms with Crippen LogP contribution in [0.15, 0.2) is 0 Å². The van der Waals surface area contributed by atoms with Crippen molar-refractivity contribution in [3.63, 3.8) is 0 Å². The summed E-state index contributed by atoms with van der Waals surface area (Å²) in [6, 6.07) is 0.270. The van der Waals surface area contributed by atoms with Crippen molar-refractivity contribution >= 4 is 0 Å². The van der Waals surface area contributed by atoms with Gasteiger partial charge in [-0.3, -0.25) is 0 Å². The van der Waals surface area contributed by atoms with E-state index < -0.39 is 0 Å². The van der Waals surface area contributed by atoms with Crippen LogP contribution in [0.3, 0.4) is 0 Å². The minimum atomic E-state index is 0.270. The van der Waals surface area contributed by atoms with E-state index in [1.807, 2.05) is 0 Å². The lowest BCUT2D eigenvalue weighted by Gasteiger charge is -2.45. The topological polar surface area (TPSA) is 26.3 Å². The predicted octanol–water partition coefficient (Wildman–Crippen LogP) is 2.24. The number of fused-ring (bicyclic) bond motifs is 1. The highest BCUT2D eigenvalue weighted by Gasteiger charge is 2.37. The lowest BCUT2D eigenvalue weighted by atomic mass is 9.82. The second kappa shape index (κ2) is 3.00. The average Bonchev–Trinajstić information content (AvgIpc) is 2.35. The van der Waals surface area contributed by atoms with E-state index in [2.05, 4.69) is 13.8 Å². The number of rotatable bonds is 0. The fourth-order valence-corrected chi connectivity index (χ4v) is 2.94. The molecular weight excluding hydrogens is 150 g/mol. The summed E-state index contributed by atoms with van der Waals surface area (Å²) in [6.07, 6.45) is 3.77. The van der Waals surface area contributed by atoms with Crippen LogP contribution in [-0.4, -0.2) is 17.6 Å². The smallest absolute Gasteiger partial charge is 0.00521 e. The highest BCUT2D eigenvalue weighted by molar-refractivity contribution is 4.91. The quantitative estimate of drug-likeness (QED) is 0.554. The first-order valence-corrected chi connectivity index (χ1v) is 5.12. The zero-order valence-corrected chi connectivity index (χ0v) is 7.99. The minimum absolute atomic E-state index is 0.270. The fourth-order valence-electron chi connectivity index (χ4n) is 2.94. The number of hydrogen-bond acceptors (Lipinski definition) is 2. The largest absolute Gasteiger partial charge is 0.785 e. The van der Waals surface area contributed by atoms with Crippen molar-refractivity contribution in [3.05, 3.63) is 5.21 Å². The molecule has 0 spiro atoms. The summed E-state index contributed by atoms with van der Waals surface area (Å²) < 4.78 is 0. The van der Waals surface area contributed by atoms with Crippen LogP contribution in [0.5, 0.6) is 0 Å². The molecule has 1 saturated carbocycles. The van der Waals surface area contributed by atoms with Gasteiger partial charge in [0.2, 0.25) is 0 Å². The molecule has 1 aliphatic carbocycles. The van der Waals surface area contributed by atoms with Gasteiger partial charge in [0.1, 0.15) is 0 Å². The van der Waals surface area contributed by atoms with Crippen LogP contribution in [-0.2, 0) is 0 Å². The molecule has 0 radical (unpaired) electrons. The maximum absolute atomic E-state index is 11.4. The van der Waals surface area contributed by atoms with E-state index in [4.69, 9.17) is 0 Å². The van der Waals surface area contributed by atoms with Gasteiger partial charge in [-0.25, -0.2) is 0 Å². The van der Waals surface area contributed by atoms with Gasteiger partial charge in [-0.1, -0.05) is 20.3 Å². The zero-order chi connectivity index (χ0) is 8.72. The Hall–Kier alpha value is -0.0800. The normalized spacial score (nSPS) is 49.2. The molecule has 1 heterocycles. The first-order valence-electron chi connectivity index (χ1n) is 5.12. The molecule has 2 rings (SSSR count). The third-order valence-corrected chi connectivity index (χ3v) is 3.85. The molecule has 0 bridgehead atoms. The van der Waals surface area contributed by atoms with Crippen LogP contribution < -0.4 is 0 Å². The van der Waals surface area contributed by atoms with Gasteiger partial charge in [0, 0.05) is 0 Å². The molecular formula is C10H18NO-. The summed E-state index contributed by atoms with van der Waals surface area (Å²) >= 11 is 0. The fraction of sp³-hybridized carbons (Fsp3) is 1.00. The highest BCUT2D eigenvalue weighted by atomic mass is 16.5. The molecule has 0 aromatic heterocycles. The van der Waals surface area contributed by atoms with Gasteiger partial charge >= 0.3 is 0 Å².